The average molecular weight is 249 g/mol. The second-order valence-electron chi connectivity index (χ2n) is 4.95. The van der Waals surface area contributed by atoms with E-state index in [0.717, 1.165) is 19.8 Å². The van der Waals surface area contributed by atoms with Crippen molar-refractivity contribution >= 4 is 0 Å². The quantitative estimate of drug-likeness (QED) is 0.719. The molecule has 0 spiro atoms. The van der Waals surface area contributed by atoms with Gasteiger partial charge in [0.1, 0.15) is 0 Å². The van der Waals surface area contributed by atoms with Crippen molar-refractivity contribution in [3.8, 4) is 0 Å². The zero-order valence-corrected chi connectivity index (χ0v) is 12.0. The predicted molar refractivity (Wildman–Crippen MR) is 77.8 cm³/mol. The van der Waals surface area contributed by atoms with Crippen LogP contribution < -0.4 is 5.32 Å². The number of hydrogen-bond acceptors (Lipinski definition) is 2. The van der Waals surface area contributed by atoms with Gasteiger partial charge in [0, 0.05) is 6.61 Å². The summed E-state index contributed by atoms with van der Waals surface area (Å²) in [6, 6.07) is 10.8. The van der Waals surface area contributed by atoms with E-state index in [2.05, 4.69) is 56.4 Å². The van der Waals surface area contributed by atoms with Crippen LogP contribution in [0.3, 0.4) is 0 Å². The lowest BCUT2D eigenvalue weighted by Crippen LogP contribution is -2.26. The highest BCUT2D eigenvalue weighted by Crippen LogP contribution is 2.14. The first-order chi connectivity index (χ1) is 8.77. The Kier molecular flexibility index (Phi) is 7.70. The molecule has 2 unspecified atom stereocenters. The van der Waals surface area contributed by atoms with Gasteiger partial charge in [0.05, 0.1) is 12.6 Å². The van der Waals surface area contributed by atoms with E-state index in [1.54, 1.807) is 0 Å². The Bertz CT molecular complexity index is 299. The topological polar surface area (TPSA) is 21.3 Å². The molecular weight excluding hydrogens is 222 g/mol. The number of rotatable bonds is 9. The first kappa shape index (κ1) is 15.2. The van der Waals surface area contributed by atoms with Crippen LogP contribution in [0, 0.1) is 5.92 Å². The number of nitrogens with one attached hydrogen (secondary N) is 1. The summed E-state index contributed by atoms with van der Waals surface area (Å²) < 4.78 is 5.85. The standard InChI is InChI=1S/C16H27NO/c1-4-9-14(3)12-18-13-16(17-5-2)15-10-7-6-8-11-15/h6-8,10-11,14,16-17H,4-5,9,12-13H2,1-3H3. The van der Waals surface area contributed by atoms with E-state index < -0.39 is 0 Å². The average Bonchev–Trinajstić information content (AvgIpc) is 2.39. The summed E-state index contributed by atoms with van der Waals surface area (Å²) in [6.07, 6.45) is 2.48. The van der Waals surface area contributed by atoms with Crippen LogP contribution >= 0.6 is 0 Å². The van der Waals surface area contributed by atoms with E-state index >= 15 is 0 Å². The van der Waals surface area contributed by atoms with Gasteiger partial charge < -0.3 is 10.1 Å². The molecule has 1 rings (SSSR count). The molecule has 0 saturated carbocycles. The van der Waals surface area contributed by atoms with Crippen molar-refractivity contribution < 1.29 is 4.74 Å². The van der Waals surface area contributed by atoms with Crippen LogP contribution in [0.1, 0.15) is 45.2 Å². The molecule has 0 saturated heterocycles. The Balaban J connectivity index is 2.39. The van der Waals surface area contributed by atoms with E-state index in [-0.39, 0.29) is 0 Å². The number of hydrogen-bond donors (Lipinski definition) is 1. The monoisotopic (exact) mass is 249 g/mol. The van der Waals surface area contributed by atoms with Crippen molar-refractivity contribution in [1.29, 1.82) is 0 Å². The molecule has 0 bridgehead atoms. The van der Waals surface area contributed by atoms with E-state index in [1.165, 1.54) is 18.4 Å². The maximum atomic E-state index is 5.85. The summed E-state index contributed by atoms with van der Waals surface area (Å²) >= 11 is 0. The normalized spacial score (nSPS) is 14.4. The second kappa shape index (κ2) is 9.12. The molecule has 0 amide bonds. The smallest absolute Gasteiger partial charge is 0.0661 e. The highest BCUT2D eigenvalue weighted by Gasteiger charge is 2.10. The molecular formula is C16H27NO. The Morgan fingerprint density at radius 1 is 1.11 bits per heavy atom. The molecule has 0 aliphatic heterocycles. The molecule has 0 fully saturated rings. The first-order valence-corrected chi connectivity index (χ1v) is 7.14. The van der Waals surface area contributed by atoms with Gasteiger partial charge in [-0.3, -0.25) is 0 Å². The van der Waals surface area contributed by atoms with Crippen molar-refractivity contribution in [2.24, 2.45) is 5.92 Å². The maximum Gasteiger partial charge on any atom is 0.0661 e. The third-order valence-corrected chi connectivity index (χ3v) is 3.12. The molecule has 2 atom stereocenters. The molecule has 1 aromatic rings. The van der Waals surface area contributed by atoms with E-state index in [4.69, 9.17) is 4.74 Å². The molecule has 102 valence electrons. The minimum atomic E-state index is 0.310. The third kappa shape index (κ3) is 5.65. The van der Waals surface area contributed by atoms with E-state index in [1.807, 2.05) is 0 Å². The summed E-state index contributed by atoms with van der Waals surface area (Å²) in [5.74, 6) is 0.660. The molecule has 2 heteroatoms. The Labute approximate surface area is 112 Å². The zero-order chi connectivity index (χ0) is 13.2. The molecule has 1 aromatic carbocycles. The molecule has 0 radical (unpaired) electrons. The lowest BCUT2D eigenvalue weighted by Gasteiger charge is -2.20. The van der Waals surface area contributed by atoms with Crippen LogP contribution in [0.5, 0.6) is 0 Å². The number of ether oxygens (including phenoxy) is 1. The van der Waals surface area contributed by atoms with Crippen LogP contribution in [0.2, 0.25) is 0 Å². The largest absolute Gasteiger partial charge is 0.379 e. The van der Waals surface area contributed by atoms with Crippen molar-refractivity contribution in [1.82, 2.24) is 5.32 Å². The van der Waals surface area contributed by atoms with Crippen LogP contribution in [-0.4, -0.2) is 19.8 Å². The second-order valence-corrected chi connectivity index (χ2v) is 4.95. The summed E-state index contributed by atoms with van der Waals surface area (Å²) in [5.41, 5.74) is 1.31. The van der Waals surface area contributed by atoms with Crippen molar-refractivity contribution in [3.63, 3.8) is 0 Å². The van der Waals surface area contributed by atoms with E-state index in [0.29, 0.717) is 12.0 Å². The zero-order valence-electron chi connectivity index (χ0n) is 12.0. The van der Waals surface area contributed by atoms with Gasteiger partial charge in [0.15, 0.2) is 0 Å². The highest BCUT2D eigenvalue weighted by molar-refractivity contribution is 5.18. The van der Waals surface area contributed by atoms with E-state index in [9.17, 15) is 0 Å². The van der Waals surface area contributed by atoms with Gasteiger partial charge in [0.25, 0.3) is 0 Å². The molecule has 0 aromatic heterocycles. The SMILES string of the molecule is CCCC(C)COCC(NCC)c1ccccc1. The van der Waals surface area contributed by atoms with Crippen LogP contribution in [0.25, 0.3) is 0 Å². The van der Waals surface area contributed by atoms with Gasteiger partial charge >= 0.3 is 0 Å². The Morgan fingerprint density at radius 3 is 2.44 bits per heavy atom. The van der Waals surface area contributed by atoms with Crippen LogP contribution in [0.4, 0.5) is 0 Å². The fraction of sp³-hybridized carbons (Fsp3) is 0.625. The van der Waals surface area contributed by atoms with Gasteiger partial charge in [-0.15, -0.1) is 0 Å². The van der Waals surface area contributed by atoms with Gasteiger partial charge in [-0.05, 0) is 24.4 Å². The molecule has 18 heavy (non-hydrogen) atoms. The maximum absolute atomic E-state index is 5.85. The van der Waals surface area contributed by atoms with Crippen LogP contribution in [-0.2, 0) is 4.74 Å². The Hall–Kier alpha value is -0.860. The van der Waals surface area contributed by atoms with Gasteiger partial charge in [-0.2, -0.15) is 0 Å². The molecule has 1 N–H and O–H groups in total. The summed E-state index contributed by atoms with van der Waals surface area (Å²) in [5, 5.41) is 3.48. The van der Waals surface area contributed by atoms with Gasteiger partial charge in [-0.1, -0.05) is 57.5 Å². The molecule has 0 heterocycles. The van der Waals surface area contributed by atoms with Gasteiger partial charge in [-0.25, -0.2) is 0 Å². The van der Waals surface area contributed by atoms with Crippen molar-refractivity contribution in [2.75, 3.05) is 19.8 Å². The molecule has 0 aliphatic rings. The Morgan fingerprint density at radius 2 is 1.83 bits per heavy atom. The molecule has 2 nitrogen and oxygen atoms in total. The summed E-state index contributed by atoms with van der Waals surface area (Å²) in [6.45, 7) is 9.20. The summed E-state index contributed by atoms with van der Waals surface area (Å²) in [4.78, 5) is 0. The number of benzene rings is 1. The van der Waals surface area contributed by atoms with Crippen LogP contribution in [0.15, 0.2) is 30.3 Å². The fourth-order valence-corrected chi connectivity index (χ4v) is 2.17. The van der Waals surface area contributed by atoms with Crippen molar-refractivity contribution in [2.45, 2.75) is 39.7 Å². The lowest BCUT2D eigenvalue weighted by molar-refractivity contribution is 0.0836. The van der Waals surface area contributed by atoms with Crippen molar-refractivity contribution in [3.05, 3.63) is 35.9 Å². The third-order valence-electron chi connectivity index (χ3n) is 3.12. The number of likely N-dealkylation sites (N-methyl/N-ethyl adjacent to an activating group) is 1. The lowest BCUT2D eigenvalue weighted by atomic mass is 10.1. The van der Waals surface area contributed by atoms with Gasteiger partial charge in [0.2, 0.25) is 0 Å². The molecule has 0 aliphatic carbocycles. The minimum Gasteiger partial charge on any atom is -0.379 e. The predicted octanol–water partition coefficient (Wildman–Crippen LogP) is 3.79. The highest BCUT2D eigenvalue weighted by atomic mass is 16.5. The first-order valence-electron chi connectivity index (χ1n) is 7.14. The summed E-state index contributed by atoms with van der Waals surface area (Å²) in [7, 11) is 0. The minimum absolute atomic E-state index is 0.310. The fourth-order valence-electron chi connectivity index (χ4n) is 2.17.